The number of ether oxygens (including phenoxy) is 7. The van der Waals surface area contributed by atoms with E-state index in [4.69, 9.17) is 33.2 Å². The lowest BCUT2D eigenvalue weighted by molar-refractivity contribution is -0.296. The van der Waals surface area contributed by atoms with Crippen molar-refractivity contribution < 1.29 is 88.7 Å². The highest BCUT2D eigenvalue weighted by molar-refractivity contribution is 5.87. The Morgan fingerprint density at radius 2 is 1.25 bits per heavy atom. The van der Waals surface area contributed by atoms with E-state index in [9.17, 15) is 55.5 Å². The van der Waals surface area contributed by atoms with Crippen molar-refractivity contribution >= 4 is 24.1 Å². The van der Waals surface area contributed by atoms with Gasteiger partial charge in [0.25, 0.3) is 11.9 Å². The largest absolute Gasteiger partial charge is 0.571 e. The normalized spacial score (nSPS) is 30.1. The van der Waals surface area contributed by atoms with Crippen LogP contribution in [0.1, 0.15) is 29.7 Å². The van der Waals surface area contributed by atoms with Crippen molar-refractivity contribution in [3.05, 3.63) is 89.2 Å². The second-order valence-corrected chi connectivity index (χ2v) is 13.2. The van der Waals surface area contributed by atoms with E-state index in [0.29, 0.717) is 11.1 Å². The Labute approximate surface area is 318 Å². The van der Waals surface area contributed by atoms with E-state index in [1.54, 1.807) is 12.1 Å². The molecule has 0 saturated carbocycles. The molecule has 3 aromatic carbocycles. The number of rotatable bonds is 11. The summed E-state index contributed by atoms with van der Waals surface area (Å²) in [5.41, 5.74) is 1.15. The minimum absolute atomic E-state index is 0.0402. The van der Waals surface area contributed by atoms with Gasteiger partial charge in [-0.3, -0.25) is 4.79 Å². The maximum Gasteiger partial charge on any atom is 0.330 e. The van der Waals surface area contributed by atoms with Gasteiger partial charge < -0.3 is 79.1 Å². The molecule has 18 heteroatoms. The predicted molar refractivity (Wildman–Crippen MR) is 188 cm³/mol. The summed E-state index contributed by atoms with van der Waals surface area (Å²) in [6.07, 6.45) is -13.9. The number of hydrogen-bond acceptors (Lipinski definition) is 17. The smallest absolute Gasteiger partial charge is 0.330 e. The van der Waals surface area contributed by atoms with E-state index >= 15 is 0 Å². The monoisotopic (exact) mass is 785 g/mol. The van der Waals surface area contributed by atoms with Gasteiger partial charge in [0.15, 0.2) is 5.76 Å². The maximum atomic E-state index is 12.5. The lowest BCUT2D eigenvalue weighted by Gasteiger charge is -2.41. The summed E-state index contributed by atoms with van der Waals surface area (Å²) in [6.45, 7) is 0.0713. The number of aromatic hydroxyl groups is 4. The summed E-state index contributed by atoms with van der Waals surface area (Å²) in [5, 5.41) is 94.2. The number of aliphatic hydroxyl groups is 7. The number of benzene rings is 3. The zero-order chi connectivity index (χ0) is 40.3. The zero-order valence-electron chi connectivity index (χ0n) is 29.5. The van der Waals surface area contributed by atoms with Crippen molar-refractivity contribution in [2.24, 2.45) is 0 Å². The quantitative estimate of drug-likeness (QED) is 0.0701. The summed E-state index contributed by atoms with van der Waals surface area (Å²) < 4.78 is 38.4. The van der Waals surface area contributed by atoms with Crippen molar-refractivity contribution in [3.63, 3.8) is 0 Å². The summed E-state index contributed by atoms with van der Waals surface area (Å²) in [4.78, 5) is 23.9. The Morgan fingerprint density at radius 1 is 0.696 bits per heavy atom. The molecule has 2 saturated heterocycles. The minimum Gasteiger partial charge on any atom is -0.571 e. The molecule has 10 N–H and O–H groups in total. The fourth-order valence-corrected chi connectivity index (χ4v) is 6.09. The predicted octanol–water partition coefficient (Wildman–Crippen LogP) is -0.0292. The Kier molecular flexibility index (Phi) is 12.3. The molecule has 0 aromatic heterocycles. The van der Waals surface area contributed by atoms with Gasteiger partial charge in [-0.1, -0.05) is 12.1 Å². The number of phenols is 3. The number of phenolic OH excluding ortho intramolecular Hbond substituents is 3. The van der Waals surface area contributed by atoms with Crippen LogP contribution in [0.2, 0.25) is 0 Å². The number of fused-ring (bicyclic) bond motifs is 1. The van der Waals surface area contributed by atoms with Crippen LogP contribution in [-0.2, 0) is 33.3 Å². The SMILES string of the molecule is CC(=O)OC[C@@H]1O[C@@H](Oc2cc(O)cc3c2C=C(O[C@@H]2O[C@@H](COC(=O)/C=C/c4ccc(O)cc4)[C@@H](O)[C@@H](O)[C@@H]2O)C(c2ccc(O)cc2)[OH+]3)[C@H](O)[C@@H](O)[C@@H]1O. The molecule has 56 heavy (non-hydrogen) atoms. The highest BCUT2D eigenvalue weighted by Crippen LogP contribution is 2.46. The number of carbonyl (C=O) groups excluding carboxylic acids is 2. The molecule has 6 rings (SSSR count). The number of hydrogen-bond donors (Lipinski definition) is 9. The van der Waals surface area contributed by atoms with Gasteiger partial charge >= 0.3 is 11.9 Å². The van der Waals surface area contributed by atoms with Crippen molar-refractivity contribution in [3.8, 4) is 28.7 Å². The molecule has 0 spiro atoms. The van der Waals surface area contributed by atoms with Gasteiger partial charge in [0.05, 0.1) is 11.6 Å². The number of aliphatic hydroxyl groups excluding tert-OH is 6. The van der Waals surface area contributed by atoms with E-state index < -0.39 is 92.7 Å². The first-order valence-corrected chi connectivity index (χ1v) is 17.3. The van der Waals surface area contributed by atoms with Crippen LogP contribution in [0.4, 0.5) is 0 Å². The summed E-state index contributed by atoms with van der Waals surface area (Å²) in [5.74, 6) is -1.97. The van der Waals surface area contributed by atoms with Gasteiger partial charge in [0.1, 0.15) is 90.6 Å². The summed E-state index contributed by atoms with van der Waals surface area (Å²) >= 11 is 0. The van der Waals surface area contributed by atoms with Crippen molar-refractivity contribution in [2.45, 2.75) is 74.4 Å². The van der Waals surface area contributed by atoms with E-state index in [1.807, 2.05) is 0 Å². The third-order valence-electron chi connectivity index (χ3n) is 9.12. The zero-order valence-corrected chi connectivity index (χ0v) is 29.5. The van der Waals surface area contributed by atoms with Crippen LogP contribution in [0.5, 0.6) is 28.7 Å². The Hall–Kier alpha value is -5.44. The molecule has 0 radical (unpaired) electrons. The molecule has 3 aromatic rings. The number of carbonyl (C=O) groups is 2. The molecule has 300 valence electrons. The second kappa shape index (κ2) is 17.1. The molecule has 3 aliphatic heterocycles. The molecule has 11 atom stereocenters. The van der Waals surface area contributed by atoms with E-state index in [1.165, 1.54) is 54.6 Å². The van der Waals surface area contributed by atoms with Crippen molar-refractivity contribution in [1.29, 1.82) is 0 Å². The van der Waals surface area contributed by atoms with Crippen molar-refractivity contribution in [2.75, 3.05) is 13.2 Å². The van der Waals surface area contributed by atoms with Crippen LogP contribution in [0, 0.1) is 0 Å². The standard InChI is InChI=1S/C38H40O18/c1-17(39)50-15-27-30(44)32(46)34(48)37(55-27)53-25-13-22(42)12-24-23(25)14-26(36(52-24)19-5-9-21(41)10-6-19)54-38-35(49)33(47)31(45)28(56-38)16-51-29(43)11-4-18-2-7-20(40)8-3-18/h2-14,27-28,30-38,40-42,44-49H,15-16H2,1H3/p+1/b11-4+/t27-,28-,30+,31+,32-,33+,34+,35-,36?,37+,38+/m0/s1. The van der Waals surface area contributed by atoms with Gasteiger partial charge in [-0.15, -0.1) is 0 Å². The first kappa shape index (κ1) is 40.2. The highest BCUT2D eigenvalue weighted by atomic mass is 16.7. The third-order valence-corrected chi connectivity index (χ3v) is 9.12. The van der Waals surface area contributed by atoms with Gasteiger partial charge in [-0.05, 0) is 48.0 Å². The Bertz CT molecular complexity index is 1910. The molecule has 0 amide bonds. The first-order valence-electron chi connectivity index (χ1n) is 17.3. The van der Waals surface area contributed by atoms with Gasteiger partial charge in [-0.25, -0.2) is 4.79 Å². The third kappa shape index (κ3) is 9.15. The Morgan fingerprint density at radius 3 is 1.84 bits per heavy atom. The van der Waals surface area contributed by atoms with Gasteiger partial charge in [-0.2, -0.15) is 0 Å². The van der Waals surface area contributed by atoms with Crippen LogP contribution in [0.15, 0.2) is 72.5 Å². The Balaban J connectivity index is 1.26. The molecule has 3 heterocycles. The van der Waals surface area contributed by atoms with Crippen LogP contribution in [0.3, 0.4) is 0 Å². The molecular weight excluding hydrogens is 744 g/mol. The molecule has 18 nitrogen and oxygen atoms in total. The van der Waals surface area contributed by atoms with E-state index in [-0.39, 0.29) is 40.1 Å². The fraction of sp³-hybridized carbons (Fsp3) is 0.368. The molecule has 2 fully saturated rings. The molecule has 1 unspecified atom stereocenters. The molecule has 0 bridgehead atoms. The lowest BCUT2D eigenvalue weighted by Crippen LogP contribution is -2.60. The van der Waals surface area contributed by atoms with Crippen LogP contribution < -0.4 is 4.74 Å². The van der Waals surface area contributed by atoms with E-state index in [0.717, 1.165) is 19.1 Å². The molecule has 0 aliphatic carbocycles. The highest BCUT2D eigenvalue weighted by Gasteiger charge is 2.48. The van der Waals surface area contributed by atoms with Gasteiger partial charge in [0.2, 0.25) is 12.6 Å². The van der Waals surface area contributed by atoms with Crippen LogP contribution in [0.25, 0.3) is 12.2 Å². The summed E-state index contributed by atoms with van der Waals surface area (Å²) in [6, 6.07) is 14.2. The average Bonchev–Trinajstić information content (AvgIpc) is 3.17. The number of esters is 2. The van der Waals surface area contributed by atoms with Gasteiger partial charge in [0, 0.05) is 25.1 Å². The maximum absolute atomic E-state index is 12.5. The summed E-state index contributed by atoms with van der Waals surface area (Å²) in [7, 11) is 0. The lowest BCUT2D eigenvalue weighted by atomic mass is 9.98. The minimum atomic E-state index is -1.85. The fourth-order valence-electron chi connectivity index (χ4n) is 6.09. The van der Waals surface area contributed by atoms with Crippen LogP contribution in [-0.4, -0.2) is 137 Å². The van der Waals surface area contributed by atoms with Crippen molar-refractivity contribution in [1.82, 2.24) is 0 Å². The second-order valence-electron chi connectivity index (χ2n) is 13.2. The van der Waals surface area contributed by atoms with E-state index in [2.05, 4.69) is 0 Å². The average molecular weight is 786 g/mol. The molecular formula is C38H41O18+. The van der Waals surface area contributed by atoms with Crippen LogP contribution >= 0.6 is 0 Å². The topological polar surface area (TPSA) is 284 Å². The molecule has 3 aliphatic rings. The first-order chi connectivity index (χ1) is 26.7.